The lowest BCUT2D eigenvalue weighted by molar-refractivity contribution is -0.142. The molecule has 3 aliphatic rings. The number of hydrogen-bond acceptors (Lipinski definition) is 4. The predicted molar refractivity (Wildman–Crippen MR) is 137 cm³/mol. The first-order valence-corrected chi connectivity index (χ1v) is 12.5. The highest BCUT2D eigenvalue weighted by atomic mass is 16.2. The maximum Gasteiger partial charge on any atom is 0.250 e. The Kier molecular flexibility index (Phi) is 5.30. The van der Waals surface area contributed by atoms with Gasteiger partial charge in [-0.15, -0.1) is 0 Å². The normalized spacial score (nSPS) is 26.4. The van der Waals surface area contributed by atoms with Crippen molar-refractivity contribution in [2.75, 3.05) is 11.9 Å². The molecule has 4 atom stereocenters. The molecular formula is C30H29N3O3. The number of nitrogens with zero attached hydrogens (tertiary/aromatic N) is 1. The van der Waals surface area contributed by atoms with E-state index in [1.807, 2.05) is 86.6 Å². The molecule has 0 saturated carbocycles. The third-order valence-electron chi connectivity index (χ3n) is 8.02. The van der Waals surface area contributed by atoms with Gasteiger partial charge in [0.2, 0.25) is 17.7 Å². The number of amides is 3. The number of imide groups is 1. The van der Waals surface area contributed by atoms with Crippen molar-refractivity contribution in [2.24, 2.45) is 11.8 Å². The van der Waals surface area contributed by atoms with Crippen molar-refractivity contribution < 1.29 is 14.4 Å². The van der Waals surface area contributed by atoms with Gasteiger partial charge in [0.15, 0.2) is 0 Å². The molecule has 3 aromatic carbocycles. The average molecular weight is 480 g/mol. The van der Waals surface area contributed by atoms with Crippen LogP contribution in [0.3, 0.4) is 0 Å². The van der Waals surface area contributed by atoms with E-state index in [-0.39, 0.29) is 23.8 Å². The minimum atomic E-state index is -1.26. The third kappa shape index (κ3) is 3.32. The Hall–Kier alpha value is -3.77. The maximum atomic E-state index is 14.0. The summed E-state index contributed by atoms with van der Waals surface area (Å²) in [6.45, 7) is 4.27. The molecule has 2 fully saturated rings. The third-order valence-corrected chi connectivity index (χ3v) is 8.02. The predicted octanol–water partition coefficient (Wildman–Crippen LogP) is 3.51. The summed E-state index contributed by atoms with van der Waals surface area (Å²) in [4.78, 5) is 43.0. The van der Waals surface area contributed by atoms with E-state index in [4.69, 9.17) is 0 Å². The van der Waals surface area contributed by atoms with E-state index in [9.17, 15) is 14.4 Å². The molecule has 1 spiro atoms. The molecule has 6 nitrogen and oxygen atoms in total. The topological polar surface area (TPSA) is 78.5 Å². The molecule has 0 radical (unpaired) electrons. The molecule has 3 amide bonds. The van der Waals surface area contributed by atoms with Crippen LogP contribution in [-0.2, 0) is 32.8 Å². The summed E-state index contributed by atoms with van der Waals surface area (Å²) in [6, 6.07) is 23.5. The molecule has 2 N–H and O–H groups in total. The minimum Gasteiger partial charge on any atom is -0.324 e. The average Bonchev–Trinajstić information content (AvgIpc) is 3.44. The van der Waals surface area contributed by atoms with Gasteiger partial charge in [0.1, 0.15) is 5.54 Å². The molecule has 6 heteroatoms. The molecule has 2 saturated heterocycles. The summed E-state index contributed by atoms with van der Waals surface area (Å²) < 4.78 is 0. The molecule has 0 aliphatic carbocycles. The van der Waals surface area contributed by atoms with Crippen LogP contribution in [0.25, 0.3) is 0 Å². The zero-order chi connectivity index (χ0) is 25.0. The smallest absolute Gasteiger partial charge is 0.250 e. The largest absolute Gasteiger partial charge is 0.324 e. The summed E-state index contributed by atoms with van der Waals surface area (Å²) in [5.41, 5.74) is 4.38. The molecule has 6 rings (SSSR count). The van der Waals surface area contributed by atoms with Gasteiger partial charge in [-0.1, -0.05) is 78.4 Å². The Morgan fingerprint density at radius 1 is 0.861 bits per heavy atom. The van der Waals surface area contributed by atoms with Gasteiger partial charge < -0.3 is 5.32 Å². The lowest BCUT2D eigenvalue weighted by Crippen LogP contribution is -2.53. The standard InChI is InChI=1S/C30H29N3O3/c1-18-15-19(2)26-22(16-18)30(29(36)31-26)25-24(23(32-30)17-21-11-7-4-8-12-21)27(34)33(28(25)35)14-13-20-9-5-3-6-10-20/h3-12,15-16,23-25,32H,13-14,17H2,1-2H3,(H,31,36)/t23?,24-,25+,30?/m1/s1. The molecule has 3 aliphatic heterocycles. The number of fused-ring (bicyclic) bond motifs is 4. The summed E-state index contributed by atoms with van der Waals surface area (Å²) in [6.07, 6.45) is 1.14. The summed E-state index contributed by atoms with van der Waals surface area (Å²) in [7, 11) is 0. The monoisotopic (exact) mass is 479 g/mol. The quantitative estimate of drug-likeness (QED) is 0.549. The van der Waals surface area contributed by atoms with Crippen LogP contribution >= 0.6 is 0 Å². The molecule has 2 unspecified atom stereocenters. The lowest BCUT2D eigenvalue weighted by atomic mass is 9.75. The molecule has 0 bridgehead atoms. The number of aryl methyl sites for hydroxylation is 2. The first kappa shape index (κ1) is 22.7. The summed E-state index contributed by atoms with van der Waals surface area (Å²) >= 11 is 0. The van der Waals surface area contributed by atoms with Crippen LogP contribution in [0.5, 0.6) is 0 Å². The Labute approximate surface area is 210 Å². The van der Waals surface area contributed by atoms with E-state index in [0.29, 0.717) is 19.4 Å². The van der Waals surface area contributed by atoms with E-state index in [1.165, 1.54) is 4.90 Å². The highest BCUT2D eigenvalue weighted by molar-refractivity contribution is 6.15. The Morgan fingerprint density at radius 3 is 2.22 bits per heavy atom. The van der Waals surface area contributed by atoms with Crippen LogP contribution < -0.4 is 10.6 Å². The van der Waals surface area contributed by atoms with E-state index < -0.39 is 17.4 Å². The van der Waals surface area contributed by atoms with Gasteiger partial charge in [-0.05, 0) is 43.4 Å². The highest BCUT2D eigenvalue weighted by Gasteiger charge is 2.70. The Balaban J connectivity index is 1.42. The maximum absolute atomic E-state index is 14.0. The lowest BCUT2D eigenvalue weighted by Gasteiger charge is -2.30. The van der Waals surface area contributed by atoms with Gasteiger partial charge in [-0.25, -0.2) is 0 Å². The second-order valence-corrected chi connectivity index (χ2v) is 10.3. The first-order chi connectivity index (χ1) is 17.4. The molecule has 3 aromatic rings. The number of rotatable bonds is 5. The minimum absolute atomic E-state index is 0.183. The second-order valence-electron chi connectivity index (χ2n) is 10.3. The zero-order valence-electron chi connectivity index (χ0n) is 20.5. The number of nitrogens with one attached hydrogen (secondary N) is 2. The van der Waals surface area contributed by atoms with Crippen LogP contribution in [0.15, 0.2) is 72.8 Å². The number of carbonyl (C=O) groups is 3. The summed E-state index contributed by atoms with van der Waals surface area (Å²) in [5, 5.41) is 6.60. The van der Waals surface area contributed by atoms with Gasteiger partial charge in [0.25, 0.3) is 0 Å². The van der Waals surface area contributed by atoms with Crippen LogP contribution in [0, 0.1) is 25.7 Å². The number of benzene rings is 3. The van der Waals surface area contributed by atoms with E-state index >= 15 is 0 Å². The van der Waals surface area contributed by atoms with Crippen LogP contribution in [0.2, 0.25) is 0 Å². The molecule has 182 valence electrons. The number of carbonyl (C=O) groups excluding carboxylic acids is 3. The number of likely N-dealkylation sites (tertiary alicyclic amines) is 1. The summed E-state index contributed by atoms with van der Waals surface area (Å²) in [5.74, 6) is -2.08. The molecule has 3 heterocycles. The highest BCUT2D eigenvalue weighted by Crippen LogP contribution is 2.54. The van der Waals surface area contributed by atoms with Crippen molar-refractivity contribution >= 4 is 23.4 Å². The van der Waals surface area contributed by atoms with E-state index in [2.05, 4.69) is 10.6 Å². The van der Waals surface area contributed by atoms with Crippen LogP contribution in [0.1, 0.15) is 27.8 Å². The van der Waals surface area contributed by atoms with Gasteiger partial charge >= 0.3 is 0 Å². The molecule has 36 heavy (non-hydrogen) atoms. The van der Waals surface area contributed by atoms with Crippen molar-refractivity contribution in [2.45, 2.75) is 38.3 Å². The molecule has 0 aromatic heterocycles. The van der Waals surface area contributed by atoms with Crippen molar-refractivity contribution in [3.63, 3.8) is 0 Å². The fourth-order valence-electron chi connectivity index (χ4n) is 6.47. The fraction of sp³-hybridized carbons (Fsp3) is 0.300. The van der Waals surface area contributed by atoms with Crippen molar-refractivity contribution in [3.05, 3.63) is 101 Å². The van der Waals surface area contributed by atoms with Crippen molar-refractivity contribution in [1.29, 1.82) is 0 Å². The van der Waals surface area contributed by atoms with Gasteiger partial charge in [-0.2, -0.15) is 0 Å². The first-order valence-electron chi connectivity index (χ1n) is 12.5. The van der Waals surface area contributed by atoms with Crippen molar-refractivity contribution in [1.82, 2.24) is 10.2 Å². The van der Waals surface area contributed by atoms with E-state index in [1.54, 1.807) is 0 Å². The van der Waals surface area contributed by atoms with Crippen molar-refractivity contribution in [3.8, 4) is 0 Å². The van der Waals surface area contributed by atoms with Gasteiger partial charge in [0.05, 0.1) is 11.8 Å². The Morgan fingerprint density at radius 2 is 1.53 bits per heavy atom. The van der Waals surface area contributed by atoms with Gasteiger partial charge in [-0.3, -0.25) is 24.6 Å². The SMILES string of the molecule is Cc1cc(C)c2c(c1)C1(NC(Cc3ccccc3)[C@H]3C(=O)N(CCc4ccccc4)C(=O)[C@H]31)C(=O)N2. The second kappa shape index (κ2) is 8.42. The van der Waals surface area contributed by atoms with Crippen LogP contribution in [0.4, 0.5) is 5.69 Å². The Bertz CT molecular complexity index is 1370. The number of hydrogen-bond donors (Lipinski definition) is 2. The zero-order valence-corrected chi connectivity index (χ0v) is 20.5. The molecular weight excluding hydrogens is 450 g/mol. The van der Waals surface area contributed by atoms with E-state index in [0.717, 1.165) is 33.5 Å². The van der Waals surface area contributed by atoms with Crippen LogP contribution in [-0.4, -0.2) is 35.2 Å². The number of anilines is 1. The fourth-order valence-corrected chi connectivity index (χ4v) is 6.47. The van der Waals surface area contributed by atoms with Gasteiger partial charge in [0, 0.05) is 23.8 Å².